The molecule has 0 saturated heterocycles. The summed E-state index contributed by atoms with van der Waals surface area (Å²) in [6.07, 6.45) is 0. The van der Waals surface area contributed by atoms with Gasteiger partial charge in [-0.05, 0) is 89.7 Å². The van der Waals surface area contributed by atoms with Crippen LogP contribution in [0.5, 0.6) is 0 Å². The fourth-order valence-corrected chi connectivity index (χ4v) is 9.08. The number of benzene rings is 9. The summed E-state index contributed by atoms with van der Waals surface area (Å²) >= 11 is 0. The highest BCUT2D eigenvalue weighted by Gasteiger charge is 2.39. The fourth-order valence-electron chi connectivity index (χ4n) is 9.08. The Bertz CT molecular complexity index is 2930. The quantitative estimate of drug-likeness (QED) is 0.175. The monoisotopic (exact) mass is 666 g/mol. The van der Waals surface area contributed by atoms with E-state index in [9.17, 15) is 0 Å². The smallest absolute Gasteiger partial charge is 0.132 e. The lowest BCUT2D eigenvalue weighted by molar-refractivity contribution is 0.631. The van der Waals surface area contributed by atoms with Gasteiger partial charge in [0.15, 0.2) is 0 Å². The molecule has 0 N–H and O–H groups in total. The maximum Gasteiger partial charge on any atom is 0.132 e. The summed E-state index contributed by atoms with van der Waals surface area (Å²) in [5.74, 6) is -0.604. The molecule has 2 aliphatic carbocycles. The molecule has 0 heterocycles. The summed E-state index contributed by atoms with van der Waals surface area (Å²) in [5, 5.41) is 3.64. The molecular weight excluding hydrogens is 639 g/mol. The third-order valence-corrected chi connectivity index (χ3v) is 11.1. The molecule has 9 aromatic carbocycles. The molecule has 0 atom stereocenters. The maximum atomic E-state index is 17.6. The molecule has 0 saturated carbocycles. The van der Waals surface area contributed by atoms with Crippen molar-refractivity contribution < 1.29 is 8.78 Å². The van der Waals surface area contributed by atoms with Gasteiger partial charge in [0.05, 0.1) is 0 Å². The van der Waals surface area contributed by atoms with E-state index in [0.29, 0.717) is 11.1 Å². The van der Waals surface area contributed by atoms with Crippen LogP contribution in [0.25, 0.3) is 111 Å². The van der Waals surface area contributed by atoms with E-state index in [1.807, 2.05) is 78.9 Å². The normalized spacial score (nSPS) is 12.0. The van der Waals surface area contributed by atoms with Crippen LogP contribution in [0.15, 0.2) is 170 Å². The molecule has 0 spiro atoms. The number of rotatable bonds is 4. The number of hydrogen-bond donors (Lipinski definition) is 0. The molecule has 242 valence electrons. The van der Waals surface area contributed by atoms with Gasteiger partial charge in [0.2, 0.25) is 0 Å². The Morgan fingerprint density at radius 1 is 0.250 bits per heavy atom. The van der Waals surface area contributed by atoms with E-state index in [2.05, 4.69) is 78.9 Å². The zero-order chi connectivity index (χ0) is 34.5. The zero-order valence-corrected chi connectivity index (χ0v) is 27.9. The summed E-state index contributed by atoms with van der Waals surface area (Å²) in [5.41, 5.74) is 13.8. The average Bonchev–Trinajstić information content (AvgIpc) is 3.72. The lowest BCUT2D eigenvalue weighted by Gasteiger charge is -2.20. The fraction of sp³-hybridized carbons (Fsp3) is 0. The van der Waals surface area contributed by atoms with Crippen LogP contribution in [0.3, 0.4) is 0 Å². The van der Waals surface area contributed by atoms with E-state index in [-0.39, 0.29) is 11.6 Å². The molecule has 2 heteroatoms. The van der Waals surface area contributed by atoms with Gasteiger partial charge in [-0.3, -0.25) is 0 Å². The molecule has 11 rings (SSSR count). The second-order valence-corrected chi connectivity index (χ2v) is 13.7. The predicted molar refractivity (Wildman–Crippen MR) is 212 cm³/mol. The van der Waals surface area contributed by atoms with Crippen molar-refractivity contribution >= 4 is 21.5 Å². The second-order valence-electron chi connectivity index (χ2n) is 13.7. The average molecular weight is 667 g/mol. The van der Waals surface area contributed by atoms with Gasteiger partial charge >= 0.3 is 0 Å². The minimum Gasteiger partial charge on any atom is -0.206 e. The van der Waals surface area contributed by atoms with Gasteiger partial charge in [-0.1, -0.05) is 158 Å². The molecule has 2 aliphatic rings. The van der Waals surface area contributed by atoms with Crippen LogP contribution in [0.4, 0.5) is 8.78 Å². The first-order valence-electron chi connectivity index (χ1n) is 17.7. The van der Waals surface area contributed by atoms with Crippen molar-refractivity contribution in [3.63, 3.8) is 0 Å². The highest BCUT2D eigenvalue weighted by molar-refractivity contribution is 6.33. The van der Waals surface area contributed by atoms with Crippen LogP contribution >= 0.6 is 0 Å². The highest BCUT2D eigenvalue weighted by Crippen LogP contribution is 2.64. The van der Waals surface area contributed by atoms with Gasteiger partial charge in [0, 0.05) is 33.0 Å². The minimum absolute atomic E-state index is 0.302. The van der Waals surface area contributed by atoms with E-state index >= 15 is 8.78 Å². The Hall–Kier alpha value is -6.64. The van der Waals surface area contributed by atoms with Crippen molar-refractivity contribution in [3.05, 3.63) is 181 Å². The summed E-state index contributed by atoms with van der Waals surface area (Å²) in [6, 6.07) is 56.8. The van der Waals surface area contributed by atoms with E-state index in [4.69, 9.17) is 0 Å². The maximum absolute atomic E-state index is 17.6. The van der Waals surface area contributed by atoms with Crippen LogP contribution in [0, 0.1) is 11.6 Å². The van der Waals surface area contributed by atoms with Gasteiger partial charge in [-0.15, -0.1) is 0 Å². The molecule has 0 aromatic heterocycles. The molecule has 9 aromatic rings. The van der Waals surface area contributed by atoms with Crippen molar-refractivity contribution in [3.8, 4) is 89.0 Å². The first-order valence-corrected chi connectivity index (χ1v) is 17.7. The van der Waals surface area contributed by atoms with Crippen molar-refractivity contribution in [2.45, 2.75) is 0 Å². The Balaban J connectivity index is 1.35. The molecular formula is C50H28F2. The van der Waals surface area contributed by atoms with Gasteiger partial charge < -0.3 is 0 Å². The molecule has 0 unspecified atom stereocenters. The van der Waals surface area contributed by atoms with Crippen molar-refractivity contribution in [2.24, 2.45) is 0 Å². The lowest BCUT2D eigenvalue weighted by atomic mass is 9.82. The third-order valence-electron chi connectivity index (χ3n) is 11.1. The Labute approximate surface area is 299 Å². The van der Waals surface area contributed by atoms with E-state index < -0.39 is 0 Å². The summed E-state index contributed by atoms with van der Waals surface area (Å²) in [7, 11) is 0. The molecule has 0 aliphatic heterocycles. The lowest BCUT2D eigenvalue weighted by Crippen LogP contribution is -1.95. The number of fused-ring (bicyclic) bond motifs is 7. The van der Waals surface area contributed by atoms with Gasteiger partial charge in [0.1, 0.15) is 11.6 Å². The Morgan fingerprint density at radius 2 is 0.615 bits per heavy atom. The van der Waals surface area contributed by atoms with Crippen molar-refractivity contribution in [1.29, 1.82) is 0 Å². The summed E-state index contributed by atoms with van der Waals surface area (Å²) < 4.78 is 35.1. The van der Waals surface area contributed by atoms with E-state index in [0.717, 1.165) is 99.4 Å². The molecule has 0 fully saturated rings. The SMILES string of the molecule is Fc1cc2c3c(c(F)cc4c3c1-c1c(-c3ccccc3)ccc(-c3ccccc3)c1-4)-c1c-2c(-c2ccccc2)c2ccccc2c1-c1ccccc1. The number of halogens is 2. The molecule has 52 heavy (non-hydrogen) atoms. The van der Waals surface area contributed by atoms with Crippen molar-refractivity contribution in [2.75, 3.05) is 0 Å². The second kappa shape index (κ2) is 10.9. The third kappa shape index (κ3) is 3.89. The molecule has 0 nitrogen and oxygen atoms in total. The van der Waals surface area contributed by atoms with Crippen molar-refractivity contribution in [1.82, 2.24) is 0 Å². The standard InChI is InChI=1S/C50H28F2/c51-39-28-38-45-41(31-19-9-3-10-20-31)35-23-13-14-24-36(35)42(32-21-11-4-12-22-32)50(45)49-40(52)27-37-43-33(29-15-5-1-6-16-29)25-26-34(30-17-7-2-8-18-30)44(43)48(39)46(37)47(38)49/h1-28H. The van der Waals surface area contributed by atoms with Gasteiger partial charge in [0.25, 0.3) is 0 Å². The Morgan fingerprint density at radius 3 is 1.10 bits per heavy atom. The van der Waals surface area contributed by atoms with Crippen LogP contribution in [-0.2, 0) is 0 Å². The summed E-state index contributed by atoms with van der Waals surface area (Å²) in [6.45, 7) is 0. The zero-order valence-electron chi connectivity index (χ0n) is 27.9. The summed E-state index contributed by atoms with van der Waals surface area (Å²) in [4.78, 5) is 0. The highest BCUT2D eigenvalue weighted by atomic mass is 19.1. The van der Waals surface area contributed by atoms with Crippen LogP contribution in [-0.4, -0.2) is 0 Å². The number of hydrogen-bond acceptors (Lipinski definition) is 0. The predicted octanol–water partition coefficient (Wildman–Crippen LogP) is 14.2. The van der Waals surface area contributed by atoms with Crippen LogP contribution in [0.1, 0.15) is 0 Å². The molecule has 0 amide bonds. The molecule has 0 radical (unpaired) electrons. The minimum atomic E-state index is -0.302. The van der Waals surface area contributed by atoms with Gasteiger partial charge in [-0.2, -0.15) is 0 Å². The van der Waals surface area contributed by atoms with Crippen LogP contribution < -0.4 is 0 Å². The first kappa shape index (κ1) is 29.1. The van der Waals surface area contributed by atoms with Gasteiger partial charge in [-0.25, -0.2) is 8.78 Å². The topological polar surface area (TPSA) is 0 Å². The van der Waals surface area contributed by atoms with E-state index in [1.54, 1.807) is 12.1 Å². The Kier molecular flexibility index (Phi) is 6.12. The van der Waals surface area contributed by atoms with Crippen LogP contribution in [0.2, 0.25) is 0 Å². The van der Waals surface area contributed by atoms with E-state index in [1.165, 1.54) is 0 Å². The first-order chi connectivity index (χ1) is 25.7. The largest absolute Gasteiger partial charge is 0.206 e. The molecule has 0 bridgehead atoms.